The summed E-state index contributed by atoms with van der Waals surface area (Å²) in [6, 6.07) is 7.91. The van der Waals surface area contributed by atoms with E-state index in [9.17, 15) is 4.79 Å². The predicted octanol–water partition coefficient (Wildman–Crippen LogP) is 4.64. The van der Waals surface area contributed by atoms with Crippen molar-refractivity contribution in [1.29, 1.82) is 0 Å². The van der Waals surface area contributed by atoms with Gasteiger partial charge >= 0.3 is 0 Å². The summed E-state index contributed by atoms with van der Waals surface area (Å²) in [6.45, 7) is 8.09. The molecule has 0 aliphatic carbocycles. The van der Waals surface area contributed by atoms with Crippen molar-refractivity contribution in [1.82, 2.24) is 4.98 Å². The van der Waals surface area contributed by atoms with Crippen molar-refractivity contribution in [2.45, 2.75) is 46.5 Å². The molecule has 0 atom stereocenters. The van der Waals surface area contributed by atoms with Crippen molar-refractivity contribution in [2.24, 2.45) is 0 Å². The van der Waals surface area contributed by atoms with Gasteiger partial charge in [-0.2, -0.15) is 0 Å². The van der Waals surface area contributed by atoms with Crippen LogP contribution in [0.5, 0.6) is 0 Å². The Kier molecular flexibility index (Phi) is 5.37. The number of benzene rings is 1. The minimum atomic E-state index is -0.0811. The summed E-state index contributed by atoms with van der Waals surface area (Å²) in [5, 5.41) is 3.11. The van der Waals surface area contributed by atoms with Gasteiger partial charge in [0.1, 0.15) is 5.82 Å². The lowest BCUT2D eigenvalue weighted by Gasteiger charge is -2.24. The fourth-order valence-corrected chi connectivity index (χ4v) is 3.67. The van der Waals surface area contributed by atoms with Gasteiger partial charge < -0.3 is 10.2 Å². The SMILES string of the molecule is Cc1cc(C)c(NC(=O)c2cccnc2N2CCCCCC2)c(C)c1. The molecule has 1 amide bonds. The zero-order valence-corrected chi connectivity index (χ0v) is 15.4. The molecular formula is C21H27N3O. The molecule has 0 radical (unpaired) electrons. The van der Waals surface area contributed by atoms with Gasteiger partial charge in [0.2, 0.25) is 0 Å². The summed E-state index contributed by atoms with van der Waals surface area (Å²) < 4.78 is 0. The molecule has 0 saturated carbocycles. The molecule has 0 bridgehead atoms. The summed E-state index contributed by atoms with van der Waals surface area (Å²) in [6.07, 6.45) is 6.61. The summed E-state index contributed by atoms with van der Waals surface area (Å²) in [7, 11) is 0. The Morgan fingerprint density at radius 1 is 1.04 bits per heavy atom. The second kappa shape index (κ2) is 7.68. The van der Waals surface area contributed by atoms with Gasteiger partial charge in [-0.3, -0.25) is 4.79 Å². The summed E-state index contributed by atoms with van der Waals surface area (Å²) in [5.74, 6) is 0.728. The molecule has 2 aromatic rings. The molecule has 132 valence electrons. The third-order valence-corrected chi connectivity index (χ3v) is 4.85. The van der Waals surface area contributed by atoms with Crippen LogP contribution >= 0.6 is 0 Å². The number of carbonyl (C=O) groups excluding carboxylic acids is 1. The Bertz CT molecular complexity index is 738. The Morgan fingerprint density at radius 2 is 1.68 bits per heavy atom. The molecule has 1 fully saturated rings. The Hall–Kier alpha value is -2.36. The smallest absolute Gasteiger partial charge is 0.259 e. The molecule has 25 heavy (non-hydrogen) atoms. The zero-order chi connectivity index (χ0) is 17.8. The number of anilines is 2. The third kappa shape index (κ3) is 4.01. The lowest BCUT2D eigenvalue weighted by atomic mass is 10.0. The largest absolute Gasteiger partial charge is 0.356 e. The first-order valence-electron chi connectivity index (χ1n) is 9.15. The third-order valence-electron chi connectivity index (χ3n) is 4.85. The van der Waals surface area contributed by atoms with E-state index in [-0.39, 0.29) is 5.91 Å². The number of rotatable bonds is 3. The average molecular weight is 337 g/mol. The quantitative estimate of drug-likeness (QED) is 0.887. The first kappa shape index (κ1) is 17.5. The van der Waals surface area contributed by atoms with Crippen molar-refractivity contribution in [3.8, 4) is 0 Å². The number of aryl methyl sites for hydroxylation is 3. The fourth-order valence-electron chi connectivity index (χ4n) is 3.67. The number of hydrogen-bond acceptors (Lipinski definition) is 3. The van der Waals surface area contributed by atoms with Crippen molar-refractivity contribution in [2.75, 3.05) is 23.3 Å². The number of amides is 1. The summed E-state index contributed by atoms with van der Waals surface area (Å²) >= 11 is 0. The number of hydrogen-bond donors (Lipinski definition) is 1. The number of nitrogens with zero attached hydrogens (tertiary/aromatic N) is 2. The van der Waals surface area contributed by atoms with E-state index in [0.717, 1.165) is 48.6 Å². The second-order valence-corrected chi connectivity index (χ2v) is 7.00. The highest BCUT2D eigenvalue weighted by Crippen LogP contribution is 2.25. The lowest BCUT2D eigenvalue weighted by molar-refractivity contribution is 0.102. The number of nitrogens with one attached hydrogen (secondary N) is 1. The number of pyridine rings is 1. The van der Waals surface area contributed by atoms with Crippen LogP contribution in [0.4, 0.5) is 11.5 Å². The molecule has 4 heteroatoms. The van der Waals surface area contributed by atoms with Crippen molar-refractivity contribution in [3.63, 3.8) is 0 Å². The molecule has 1 aliphatic heterocycles. The topological polar surface area (TPSA) is 45.2 Å². The standard InChI is InChI=1S/C21H27N3O/c1-15-13-16(2)19(17(3)14-15)23-21(25)18-9-8-10-22-20(18)24-11-6-4-5-7-12-24/h8-10,13-14H,4-7,11-12H2,1-3H3,(H,23,25). The highest BCUT2D eigenvalue weighted by molar-refractivity contribution is 6.08. The van der Waals surface area contributed by atoms with E-state index in [1.807, 2.05) is 26.0 Å². The van der Waals surface area contributed by atoms with E-state index in [0.29, 0.717) is 5.56 Å². The van der Waals surface area contributed by atoms with Crippen LogP contribution < -0.4 is 10.2 Å². The minimum absolute atomic E-state index is 0.0811. The fraction of sp³-hybridized carbons (Fsp3) is 0.429. The highest BCUT2D eigenvalue weighted by atomic mass is 16.1. The zero-order valence-electron chi connectivity index (χ0n) is 15.4. The monoisotopic (exact) mass is 337 g/mol. The van der Waals surface area contributed by atoms with E-state index < -0.39 is 0 Å². The number of carbonyl (C=O) groups is 1. The van der Waals surface area contributed by atoms with Crippen molar-refractivity contribution in [3.05, 3.63) is 52.7 Å². The van der Waals surface area contributed by atoms with Crippen molar-refractivity contribution >= 4 is 17.4 Å². The van der Waals surface area contributed by atoms with Gasteiger partial charge in [0, 0.05) is 25.0 Å². The molecule has 2 heterocycles. The maximum absolute atomic E-state index is 13.0. The van der Waals surface area contributed by atoms with E-state index in [2.05, 4.69) is 34.3 Å². The van der Waals surface area contributed by atoms with Crippen molar-refractivity contribution < 1.29 is 4.79 Å². The van der Waals surface area contributed by atoms with E-state index >= 15 is 0 Å². The molecule has 0 spiro atoms. The maximum Gasteiger partial charge on any atom is 0.259 e. The summed E-state index contributed by atoms with van der Waals surface area (Å²) in [5.41, 5.74) is 4.95. The first-order chi connectivity index (χ1) is 12.1. The van der Waals surface area contributed by atoms with Gasteiger partial charge in [0.05, 0.1) is 5.56 Å². The van der Waals surface area contributed by atoms with Gasteiger partial charge in [0.15, 0.2) is 0 Å². The Labute approximate surface area is 150 Å². The molecule has 3 rings (SSSR count). The van der Waals surface area contributed by atoms with Crippen LogP contribution in [0.3, 0.4) is 0 Å². The molecule has 1 N–H and O–H groups in total. The van der Waals surface area contributed by atoms with Crippen LogP contribution in [0, 0.1) is 20.8 Å². The normalized spacial score (nSPS) is 14.9. The lowest BCUT2D eigenvalue weighted by Crippen LogP contribution is -2.28. The second-order valence-electron chi connectivity index (χ2n) is 7.00. The van der Waals surface area contributed by atoms with Crippen LogP contribution in [-0.4, -0.2) is 24.0 Å². The molecule has 1 aromatic heterocycles. The van der Waals surface area contributed by atoms with E-state index in [4.69, 9.17) is 0 Å². The molecular weight excluding hydrogens is 310 g/mol. The first-order valence-corrected chi connectivity index (χ1v) is 9.15. The van der Waals surface area contributed by atoms with Crippen LogP contribution in [0.15, 0.2) is 30.5 Å². The van der Waals surface area contributed by atoms with Gasteiger partial charge in [-0.05, 0) is 56.9 Å². The number of aromatic nitrogens is 1. The molecule has 1 aliphatic rings. The van der Waals surface area contributed by atoms with Crippen LogP contribution in [0.2, 0.25) is 0 Å². The maximum atomic E-state index is 13.0. The molecule has 4 nitrogen and oxygen atoms in total. The van der Waals surface area contributed by atoms with Gasteiger partial charge in [-0.25, -0.2) is 4.98 Å². The Morgan fingerprint density at radius 3 is 2.32 bits per heavy atom. The van der Waals surface area contributed by atoms with Gasteiger partial charge in [0.25, 0.3) is 5.91 Å². The van der Waals surface area contributed by atoms with Crippen LogP contribution in [-0.2, 0) is 0 Å². The van der Waals surface area contributed by atoms with Crippen LogP contribution in [0.25, 0.3) is 0 Å². The predicted molar refractivity (Wildman–Crippen MR) is 104 cm³/mol. The van der Waals surface area contributed by atoms with Gasteiger partial charge in [-0.1, -0.05) is 30.5 Å². The van der Waals surface area contributed by atoms with Crippen LogP contribution in [0.1, 0.15) is 52.7 Å². The molecule has 1 saturated heterocycles. The average Bonchev–Trinajstić information content (AvgIpc) is 2.87. The van der Waals surface area contributed by atoms with E-state index in [1.54, 1.807) is 6.20 Å². The van der Waals surface area contributed by atoms with Gasteiger partial charge in [-0.15, -0.1) is 0 Å². The highest BCUT2D eigenvalue weighted by Gasteiger charge is 2.20. The van der Waals surface area contributed by atoms with E-state index in [1.165, 1.54) is 18.4 Å². The molecule has 1 aromatic carbocycles. The molecule has 0 unspecified atom stereocenters. The Balaban J connectivity index is 1.88. The summed E-state index contributed by atoms with van der Waals surface area (Å²) in [4.78, 5) is 19.8. The minimum Gasteiger partial charge on any atom is -0.356 e.